The summed E-state index contributed by atoms with van der Waals surface area (Å²) >= 11 is 0. The van der Waals surface area contributed by atoms with E-state index in [0.717, 1.165) is 27.3 Å². The summed E-state index contributed by atoms with van der Waals surface area (Å²) < 4.78 is 0. The van der Waals surface area contributed by atoms with Gasteiger partial charge in [-0.25, -0.2) is 0 Å². The minimum absolute atomic E-state index is 0.167. The van der Waals surface area contributed by atoms with Gasteiger partial charge in [0, 0.05) is 19.2 Å². The Bertz CT molecular complexity index is 1160. The highest BCUT2D eigenvalue weighted by Gasteiger charge is 2.53. The third kappa shape index (κ3) is 4.92. The molecule has 2 aromatic rings. The van der Waals surface area contributed by atoms with Crippen molar-refractivity contribution < 1.29 is 24.9 Å². The Labute approximate surface area is 205 Å². The van der Waals surface area contributed by atoms with Crippen molar-refractivity contribution in [3.05, 3.63) is 71.1 Å². The van der Waals surface area contributed by atoms with E-state index < -0.39 is 23.9 Å². The highest BCUT2D eigenvalue weighted by molar-refractivity contribution is 6.05. The van der Waals surface area contributed by atoms with Gasteiger partial charge in [-0.3, -0.25) is 19.5 Å². The molecule has 2 heterocycles. The number of rotatable bonds is 8. The number of imide groups is 1. The number of hydrogen-bond donors (Lipinski definition) is 3. The largest absolute Gasteiger partial charge is 0.508 e. The van der Waals surface area contributed by atoms with Crippen molar-refractivity contribution in [1.29, 1.82) is 0 Å². The maximum Gasteiger partial charge on any atom is 0.233 e. The average molecular weight is 477 g/mol. The number of aliphatic hydroxyl groups excluding tert-OH is 2. The number of aliphatic hydroxyl groups is 2. The third-order valence-corrected chi connectivity index (χ3v) is 7.28. The number of phenolic OH excluding ortho intramolecular Hbond substituents is 1. The lowest BCUT2D eigenvalue weighted by Gasteiger charge is -2.36. The highest BCUT2D eigenvalue weighted by Crippen LogP contribution is 2.46. The summed E-state index contributed by atoms with van der Waals surface area (Å²) in [5.41, 5.74) is 4.14. The normalized spacial score (nSPS) is 23.6. The van der Waals surface area contributed by atoms with Crippen LogP contribution in [0.3, 0.4) is 0 Å². The van der Waals surface area contributed by atoms with Crippen LogP contribution in [-0.2, 0) is 9.59 Å². The van der Waals surface area contributed by atoms with Crippen molar-refractivity contribution in [1.82, 2.24) is 9.88 Å². The number of likely N-dealkylation sites (tertiary alicyclic amines) is 1. The number of carbonyl (C=O) groups is 2. The molecular weight excluding hydrogens is 444 g/mol. The highest BCUT2D eigenvalue weighted by atomic mass is 16.3. The SMILES string of the molecule is CCC1=C([C@H](O)CC/C(=C/c2cccc(O)c2)c2ccccn2)[C@H](CO)[C@@H]2C(=O)N(C)C(=O)[C@@H]2C1. The van der Waals surface area contributed by atoms with Crippen LogP contribution in [0.25, 0.3) is 11.6 Å². The molecule has 1 saturated heterocycles. The standard InChI is InChI=1S/C28H32N2O5/c1-3-18-15-21-26(28(35)30(2)27(21)34)22(16-31)25(18)24(33)11-10-19(23-9-4-5-12-29-23)13-17-7-6-8-20(32)14-17/h4-9,12-14,21-22,24,26,31-33H,3,10-11,15-16H2,1-2H3/b19-13-/t21-,22+,24-,26-/m1/s1. The fraction of sp³-hybridized carbons (Fsp3) is 0.393. The van der Waals surface area contributed by atoms with Gasteiger partial charge in [0.1, 0.15) is 5.75 Å². The molecule has 0 spiro atoms. The van der Waals surface area contributed by atoms with Gasteiger partial charge in [0.05, 0.1) is 30.2 Å². The number of aromatic hydroxyl groups is 1. The topological polar surface area (TPSA) is 111 Å². The predicted molar refractivity (Wildman–Crippen MR) is 133 cm³/mol. The lowest BCUT2D eigenvalue weighted by atomic mass is 9.67. The van der Waals surface area contributed by atoms with Crippen molar-refractivity contribution >= 4 is 23.5 Å². The van der Waals surface area contributed by atoms with E-state index in [1.165, 1.54) is 7.05 Å². The molecule has 3 N–H and O–H groups in total. The molecule has 1 aromatic carbocycles. The van der Waals surface area contributed by atoms with E-state index in [0.29, 0.717) is 31.3 Å². The summed E-state index contributed by atoms with van der Waals surface area (Å²) in [4.78, 5) is 31.1. The van der Waals surface area contributed by atoms with Crippen molar-refractivity contribution in [3.63, 3.8) is 0 Å². The first-order valence-electron chi connectivity index (χ1n) is 12.1. The van der Waals surface area contributed by atoms with Gasteiger partial charge >= 0.3 is 0 Å². The van der Waals surface area contributed by atoms with E-state index in [1.54, 1.807) is 24.4 Å². The molecule has 0 bridgehead atoms. The Morgan fingerprint density at radius 1 is 1.20 bits per heavy atom. The van der Waals surface area contributed by atoms with Crippen LogP contribution in [0.1, 0.15) is 43.9 Å². The van der Waals surface area contributed by atoms with E-state index in [1.807, 2.05) is 37.3 Å². The molecule has 7 heteroatoms. The number of phenols is 1. The van der Waals surface area contributed by atoms with Crippen LogP contribution in [0.5, 0.6) is 5.75 Å². The average Bonchev–Trinajstić information content (AvgIpc) is 3.09. The van der Waals surface area contributed by atoms with Crippen LogP contribution in [0.2, 0.25) is 0 Å². The number of allylic oxidation sites excluding steroid dienone is 2. The fourth-order valence-electron chi connectivity index (χ4n) is 5.55. The monoisotopic (exact) mass is 476 g/mol. The van der Waals surface area contributed by atoms with Gasteiger partial charge in [-0.05, 0) is 72.7 Å². The summed E-state index contributed by atoms with van der Waals surface area (Å²) in [6.07, 6.45) is 4.72. The molecule has 1 aliphatic carbocycles. The van der Waals surface area contributed by atoms with Crippen molar-refractivity contribution in [2.45, 2.75) is 38.7 Å². The van der Waals surface area contributed by atoms with Crippen molar-refractivity contribution in [3.8, 4) is 5.75 Å². The number of amides is 2. The van der Waals surface area contributed by atoms with Gasteiger partial charge in [0.25, 0.3) is 0 Å². The summed E-state index contributed by atoms with van der Waals surface area (Å²) in [5, 5.41) is 31.5. The maximum atomic E-state index is 12.8. The van der Waals surface area contributed by atoms with Gasteiger partial charge in [0.15, 0.2) is 0 Å². The Hall–Kier alpha value is -3.29. The lowest BCUT2D eigenvalue weighted by molar-refractivity contribution is -0.138. The summed E-state index contributed by atoms with van der Waals surface area (Å²) in [6.45, 7) is 1.68. The van der Waals surface area contributed by atoms with E-state index in [-0.39, 0.29) is 24.2 Å². The molecule has 1 fully saturated rings. The van der Waals surface area contributed by atoms with Crippen LogP contribution >= 0.6 is 0 Å². The number of hydrogen-bond acceptors (Lipinski definition) is 6. The second kappa shape index (κ2) is 10.5. The van der Waals surface area contributed by atoms with Gasteiger partial charge in [-0.1, -0.05) is 30.7 Å². The lowest BCUT2D eigenvalue weighted by Crippen LogP contribution is -2.38. The molecule has 4 atom stereocenters. The fourth-order valence-corrected chi connectivity index (χ4v) is 5.55. The molecule has 0 unspecified atom stereocenters. The molecular formula is C28H32N2O5. The smallest absolute Gasteiger partial charge is 0.233 e. The summed E-state index contributed by atoms with van der Waals surface area (Å²) in [6, 6.07) is 12.6. The van der Waals surface area contributed by atoms with Gasteiger partial charge in [-0.2, -0.15) is 0 Å². The van der Waals surface area contributed by atoms with Crippen LogP contribution in [0, 0.1) is 17.8 Å². The quantitative estimate of drug-likeness (QED) is 0.398. The van der Waals surface area contributed by atoms with Gasteiger partial charge in [-0.15, -0.1) is 0 Å². The van der Waals surface area contributed by atoms with Crippen molar-refractivity contribution in [2.75, 3.05) is 13.7 Å². The molecule has 7 nitrogen and oxygen atoms in total. The zero-order valence-electron chi connectivity index (χ0n) is 20.1. The Morgan fingerprint density at radius 2 is 2.00 bits per heavy atom. The molecule has 2 amide bonds. The first kappa shape index (κ1) is 24.8. The number of benzene rings is 1. The van der Waals surface area contributed by atoms with Crippen molar-refractivity contribution in [2.24, 2.45) is 17.8 Å². The molecule has 2 aliphatic rings. The molecule has 184 valence electrons. The number of carbonyl (C=O) groups excluding carboxylic acids is 2. The van der Waals surface area contributed by atoms with Crippen LogP contribution in [0.4, 0.5) is 0 Å². The van der Waals surface area contributed by atoms with E-state index in [9.17, 15) is 24.9 Å². The van der Waals surface area contributed by atoms with Crippen LogP contribution < -0.4 is 0 Å². The zero-order valence-corrected chi connectivity index (χ0v) is 20.1. The van der Waals surface area contributed by atoms with E-state index in [2.05, 4.69) is 4.98 Å². The maximum absolute atomic E-state index is 12.8. The zero-order chi connectivity index (χ0) is 25.1. The third-order valence-electron chi connectivity index (χ3n) is 7.28. The van der Waals surface area contributed by atoms with Gasteiger partial charge < -0.3 is 15.3 Å². The molecule has 35 heavy (non-hydrogen) atoms. The summed E-state index contributed by atoms with van der Waals surface area (Å²) in [5.74, 6) is -1.99. The van der Waals surface area contributed by atoms with E-state index in [4.69, 9.17) is 0 Å². The summed E-state index contributed by atoms with van der Waals surface area (Å²) in [7, 11) is 1.49. The second-order valence-electron chi connectivity index (χ2n) is 9.31. The number of fused-ring (bicyclic) bond motifs is 1. The van der Waals surface area contributed by atoms with Crippen LogP contribution in [-0.4, -0.2) is 56.8 Å². The minimum Gasteiger partial charge on any atom is -0.508 e. The Morgan fingerprint density at radius 3 is 2.66 bits per heavy atom. The first-order valence-corrected chi connectivity index (χ1v) is 12.1. The predicted octanol–water partition coefficient (Wildman–Crippen LogP) is 3.42. The molecule has 1 aliphatic heterocycles. The second-order valence-corrected chi connectivity index (χ2v) is 9.31. The number of nitrogens with zero attached hydrogens (tertiary/aromatic N) is 2. The van der Waals surface area contributed by atoms with E-state index >= 15 is 0 Å². The number of aromatic nitrogens is 1. The minimum atomic E-state index is -0.867. The Kier molecular flexibility index (Phi) is 7.48. The Balaban J connectivity index is 1.62. The molecule has 4 rings (SSSR count). The van der Waals surface area contributed by atoms with Gasteiger partial charge in [0.2, 0.25) is 11.8 Å². The first-order chi connectivity index (χ1) is 16.8. The molecule has 0 radical (unpaired) electrons. The molecule has 0 saturated carbocycles. The van der Waals surface area contributed by atoms with Crippen LogP contribution in [0.15, 0.2) is 59.8 Å². The molecule has 1 aromatic heterocycles. The number of pyridine rings is 1.